The fourth-order valence-corrected chi connectivity index (χ4v) is 3.78. The van der Waals surface area contributed by atoms with Crippen LogP contribution in [-0.2, 0) is 10.2 Å². The summed E-state index contributed by atoms with van der Waals surface area (Å²) in [4.78, 5) is 24.4. The smallest absolute Gasteiger partial charge is 0.336 e. The summed E-state index contributed by atoms with van der Waals surface area (Å²) in [6.07, 6.45) is 3.85. The van der Waals surface area contributed by atoms with Crippen LogP contribution < -0.4 is 10.9 Å². The van der Waals surface area contributed by atoms with Crippen molar-refractivity contribution in [2.75, 3.05) is 5.32 Å². The molecule has 0 bridgehead atoms. The lowest BCUT2D eigenvalue weighted by Crippen LogP contribution is -2.37. The van der Waals surface area contributed by atoms with Crippen LogP contribution >= 0.6 is 0 Å². The number of nitrogens with one attached hydrogen (secondary N) is 1. The normalized spacial score (nSPS) is 16.0. The Morgan fingerprint density at radius 1 is 0.960 bits per heavy atom. The number of hydrogen-bond acceptors (Lipinski definition) is 3. The minimum atomic E-state index is -0.459. The van der Waals surface area contributed by atoms with E-state index in [9.17, 15) is 9.59 Å². The zero-order valence-corrected chi connectivity index (χ0v) is 13.8. The van der Waals surface area contributed by atoms with Crippen LogP contribution in [0.3, 0.4) is 0 Å². The first-order valence-electron chi connectivity index (χ1n) is 8.58. The first-order chi connectivity index (χ1) is 12.2. The van der Waals surface area contributed by atoms with Crippen LogP contribution in [0.1, 0.15) is 31.2 Å². The molecule has 1 N–H and O–H groups in total. The Hall–Kier alpha value is -2.88. The molecule has 4 rings (SSSR count). The van der Waals surface area contributed by atoms with Crippen LogP contribution in [0.25, 0.3) is 11.0 Å². The number of hydrogen-bond donors (Lipinski definition) is 1. The summed E-state index contributed by atoms with van der Waals surface area (Å²) in [5, 5.41) is 3.86. The molecule has 0 saturated heterocycles. The molecule has 1 saturated carbocycles. The summed E-state index contributed by atoms with van der Waals surface area (Å²) in [6, 6.07) is 18.5. The Bertz CT molecular complexity index is 969. The SMILES string of the molecule is O=C(Nc1ccc2oc(=O)ccc2c1)C1(c2ccccc2)CCCC1. The van der Waals surface area contributed by atoms with Gasteiger partial charge in [0.05, 0.1) is 5.41 Å². The molecule has 0 spiro atoms. The summed E-state index contributed by atoms with van der Waals surface area (Å²) in [6.45, 7) is 0. The number of carbonyl (C=O) groups is 1. The van der Waals surface area contributed by atoms with Gasteiger partial charge in [0.2, 0.25) is 5.91 Å². The summed E-state index contributed by atoms with van der Waals surface area (Å²) in [5.74, 6) is 0.0351. The highest BCUT2D eigenvalue weighted by Crippen LogP contribution is 2.42. The lowest BCUT2D eigenvalue weighted by molar-refractivity contribution is -0.121. The van der Waals surface area contributed by atoms with Gasteiger partial charge in [0, 0.05) is 17.1 Å². The zero-order chi connectivity index (χ0) is 17.3. The number of rotatable bonds is 3. The third-order valence-electron chi connectivity index (χ3n) is 5.10. The van der Waals surface area contributed by atoms with E-state index in [-0.39, 0.29) is 11.5 Å². The van der Waals surface area contributed by atoms with Gasteiger partial charge in [-0.05, 0) is 42.7 Å². The van der Waals surface area contributed by atoms with Gasteiger partial charge >= 0.3 is 5.63 Å². The van der Waals surface area contributed by atoms with E-state index in [1.165, 1.54) is 6.07 Å². The fraction of sp³-hybridized carbons (Fsp3) is 0.238. The van der Waals surface area contributed by atoms with Crippen molar-refractivity contribution >= 4 is 22.6 Å². The molecule has 0 aliphatic heterocycles. The van der Waals surface area contributed by atoms with E-state index < -0.39 is 5.41 Å². The molecule has 0 unspecified atom stereocenters. The molecule has 1 aromatic heterocycles. The van der Waals surface area contributed by atoms with Crippen molar-refractivity contribution in [3.8, 4) is 0 Å². The Kier molecular flexibility index (Phi) is 3.88. The van der Waals surface area contributed by atoms with Gasteiger partial charge in [0.1, 0.15) is 5.58 Å². The highest BCUT2D eigenvalue weighted by molar-refractivity contribution is 6.00. The van der Waals surface area contributed by atoms with E-state index in [1.807, 2.05) is 36.4 Å². The summed E-state index contributed by atoms with van der Waals surface area (Å²) < 4.78 is 5.14. The van der Waals surface area contributed by atoms with Crippen LogP contribution in [0.15, 0.2) is 69.9 Å². The van der Waals surface area contributed by atoms with Gasteiger partial charge < -0.3 is 9.73 Å². The average molecular weight is 333 g/mol. The Morgan fingerprint density at radius 2 is 1.72 bits per heavy atom. The first-order valence-corrected chi connectivity index (χ1v) is 8.58. The van der Waals surface area contributed by atoms with Crippen molar-refractivity contribution < 1.29 is 9.21 Å². The van der Waals surface area contributed by atoms with E-state index in [0.717, 1.165) is 36.6 Å². The second kappa shape index (κ2) is 6.20. The second-order valence-corrected chi connectivity index (χ2v) is 6.62. The van der Waals surface area contributed by atoms with Crippen molar-refractivity contribution in [3.05, 3.63) is 76.6 Å². The molecule has 1 heterocycles. The number of fused-ring (bicyclic) bond motifs is 1. The maximum absolute atomic E-state index is 13.1. The molecule has 0 radical (unpaired) electrons. The van der Waals surface area contributed by atoms with Crippen molar-refractivity contribution in [2.45, 2.75) is 31.1 Å². The van der Waals surface area contributed by atoms with Crippen LogP contribution in [0.4, 0.5) is 5.69 Å². The second-order valence-electron chi connectivity index (χ2n) is 6.62. The molecule has 3 aromatic rings. The predicted octanol–water partition coefficient (Wildman–Crippen LogP) is 4.24. The van der Waals surface area contributed by atoms with Gasteiger partial charge in [-0.25, -0.2) is 4.79 Å². The van der Waals surface area contributed by atoms with E-state index in [1.54, 1.807) is 18.2 Å². The number of benzene rings is 2. The van der Waals surface area contributed by atoms with Gasteiger partial charge in [-0.1, -0.05) is 43.2 Å². The summed E-state index contributed by atoms with van der Waals surface area (Å²) >= 11 is 0. The molecule has 126 valence electrons. The quantitative estimate of drug-likeness (QED) is 0.729. The van der Waals surface area contributed by atoms with Crippen LogP contribution in [0.2, 0.25) is 0 Å². The summed E-state index contributed by atoms with van der Waals surface area (Å²) in [7, 11) is 0. The summed E-state index contributed by atoms with van der Waals surface area (Å²) in [5.41, 5.74) is 1.48. The zero-order valence-electron chi connectivity index (χ0n) is 13.8. The largest absolute Gasteiger partial charge is 0.423 e. The van der Waals surface area contributed by atoms with E-state index in [4.69, 9.17) is 4.42 Å². The molecule has 0 atom stereocenters. The fourth-order valence-electron chi connectivity index (χ4n) is 3.78. The molecule has 4 heteroatoms. The standard InChI is InChI=1S/C21H19NO3/c23-19-11-8-15-14-17(9-10-18(15)25-19)22-20(24)21(12-4-5-13-21)16-6-2-1-3-7-16/h1-3,6-11,14H,4-5,12-13H2,(H,22,24). The average Bonchev–Trinajstić information content (AvgIpc) is 3.14. The monoisotopic (exact) mass is 333 g/mol. The lowest BCUT2D eigenvalue weighted by Gasteiger charge is -2.28. The minimum Gasteiger partial charge on any atom is -0.423 e. The minimum absolute atomic E-state index is 0.0351. The Balaban J connectivity index is 1.66. The number of carbonyl (C=O) groups excluding carboxylic acids is 1. The molecule has 1 fully saturated rings. The van der Waals surface area contributed by atoms with Crippen molar-refractivity contribution in [2.24, 2.45) is 0 Å². The molecular formula is C21H19NO3. The number of amides is 1. The van der Waals surface area contributed by atoms with Gasteiger partial charge in [-0.3, -0.25) is 4.79 Å². The Morgan fingerprint density at radius 3 is 2.48 bits per heavy atom. The van der Waals surface area contributed by atoms with Crippen LogP contribution in [0.5, 0.6) is 0 Å². The maximum Gasteiger partial charge on any atom is 0.336 e. The highest BCUT2D eigenvalue weighted by atomic mass is 16.4. The van der Waals surface area contributed by atoms with E-state index >= 15 is 0 Å². The topological polar surface area (TPSA) is 59.3 Å². The van der Waals surface area contributed by atoms with Gasteiger partial charge in [-0.15, -0.1) is 0 Å². The third kappa shape index (κ3) is 2.84. The Labute approximate surface area is 145 Å². The molecular weight excluding hydrogens is 314 g/mol. The molecule has 2 aromatic carbocycles. The van der Waals surface area contributed by atoms with E-state index in [2.05, 4.69) is 5.32 Å². The molecule has 1 aliphatic carbocycles. The number of anilines is 1. The molecule has 1 aliphatic rings. The van der Waals surface area contributed by atoms with Crippen molar-refractivity contribution in [3.63, 3.8) is 0 Å². The highest BCUT2D eigenvalue weighted by Gasteiger charge is 2.42. The van der Waals surface area contributed by atoms with Crippen molar-refractivity contribution in [1.82, 2.24) is 0 Å². The lowest BCUT2D eigenvalue weighted by atomic mass is 9.78. The van der Waals surface area contributed by atoms with Crippen molar-refractivity contribution in [1.29, 1.82) is 0 Å². The maximum atomic E-state index is 13.1. The third-order valence-corrected chi connectivity index (χ3v) is 5.10. The van der Waals surface area contributed by atoms with E-state index in [0.29, 0.717) is 11.3 Å². The van der Waals surface area contributed by atoms with Gasteiger partial charge in [0.25, 0.3) is 0 Å². The van der Waals surface area contributed by atoms with Crippen LogP contribution in [-0.4, -0.2) is 5.91 Å². The van der Waals surface area contributed by atoms with Crippen LogP contribution in [0, 0.1) is 0 Å². The van der Waals surface area contributed by atoms with Gasteiger partial charge in [-0.2, -0.15) is 0 Å². The predicted molar refractivity (Wildman–Crippen MR) is 97.7 cm³/mol. The molecule has 4 nitrogen and oxygen atoms in total. The first kappa shape index (κ1) is 15.6. The molecule has 1 amide bonds. The molecule has 25 heavy (non-hydrogen) atoms. The van der Waals surface area contributed by atoms with Gasteiger partial charge in [0.15, 0.2) is 0 Å².